The van der Waals surface area contributed by atoms with Crippen molar-refractivity contribution in [2.75, 3.05) is 39.6 Å². The van der Waals surface area contributed by atoms with Crippen LogP contribution in [0.2, 0.25) is 0 Å². The highest BCUT2D eigenvalue weighted by Gasteiger charge is 2.22. The van der Waals surface area contributed by atoms with Crippen LogP contribution in [0.15, 0.2) is 42.5 Å². The number of phenolic OH excluding ortho intramolecular Hbond substituents is 1. The molecule has 6 heteroatoms. The second-order valence-electron chi connectivity index (χ2n) is 9.61. The topological polar surface area (TPSA) is 68.0 Å². The number of methoxy groups -OCH3 is 1. The molecular weight excluding hydrogens is 455 g/mol. The molecule has 1 aliphatic rings. The second-order valence-corrected chi connectivity index (χ2v) is 9.61. The Balaban J connectivity index is 1.61. The van der Waals surface area contributed by atoms with E-state index in [-0.39, 0.29) is 11.5 Å². The van der Waals surface area contributed by atoms with Gasteiger partial charge in [-0.05, 0) is 92.7 Å². The first-order valence-electron chi connectivity index (χ1n) is 12.8. The van der Waals surface area contributed by atoms with Crippen molar-refractivity contribution >= 4 is 5.69 Å². The van der Waals surface area contributed by atoms with E-state index in [2.05, 4.69) is 11.8 Å². The normalized spacial score (nSPS) is 13.0. The number of nitrogens with two attached hydrogens (primary N) is 1. The molecule has 0 aromatic heterocycles. The summed E-state index contributed by atoms with van der Waals surface area (Å²) >= 11 is 0. The summed E-state index contributed by atoms with van der Waals surface area (Å²) in [5.41, 5.74) is 12.8. The number of nitrogen functional groups attached to an aromatic ring is 1. The molecule has 1 aliphatic carbocycles. The number of rotatable bonds is 10. The molecule has 5 nitrogen and oxygen atoms in total. The molecule has 0 amide bonds. The molecule has 0 spiro atoms. The highest BCUT2D eigenvalue weighted by Crippen LogP contribution is 2.43. The Hall–Kier alpha value is -3.25. The maximum absolute atomic E-state index is 14.9. The summed E-state index contributed by atoms with van der Waals surface area (Å²) in [6.07, 6.45) is 5.64. The number of hydrogen-bond donors (Lipinski definition) is 2. The van der Waals surface area contributed by atoms with Gasteiger partial charge in [0.1, 0.15) is 18.1 Å². The molecule has 192 valence electrons. The van der Waals surface area contributed by atoms with Gasteiger partial charge in [0.15, 0.2) is 11.6 Å². The summed E-state index contributed by atoms with van der Waals surface area (Å²) < 4.78 is 26.2. The number of aryl methyl sites for hydroxylation is 1. The average Bonchev–Trinajstić information content (AvgIpc) is 2.87. The maximum Gasteiger partial charge on any atom is 0.165 e. The van der Waals surface area contributed by atoms with Gasteiger partial charge in [-0.1, -0.05) is 19.1 Å². The zero-order valence-electron chi connectivity index (χ0n) is 21.6. The SMILES string of the molecule is CCCN(C)CCOc1ccc(Cc2c(OC)ccc(-c3c(O)ccc4c3CCCC4)c2N)cc1F. The van der Waals surface area contributed by atoms with E-state index in [1.807, 2.05) is 31.3 Å². The highest BCUT2D eigenvalue weighted by atomic mass is 19.1. The summed E-state index contributed by atoms with van der Waals surface area (Å²) in [5, 5.41) is 10.8. The Labute approximate surface area is 213 Å². The molecule has 0 fully saturated rings. The van der Waals surface area contributed by atoms with Gasteiger partial charge in [0, 0.05) is 35.3 Å². The van der Waals surface area contributed by atoms with Gasteiger partial charge in [-0.2, -0.15) is 0 Å². The van der Waals surface area contributed by atoms with Crippen molar-refractivity contribution in [1.29, 1.82) is 0 Å². The summed E-state index contributed by atoms with van der Waals surface area (Å²) in [5.74, 6) is 0.725. The molecule has 0 saturated carbocycles. The van der Waals surface area contributed by atoms with Gasteiger partial charge in [0.05, 0.1) is 7.11 Å². The first-order chi connectivity index (χ1) is 17.4. The standard InChI is InChI=1S/C30H37FN2O3/c1-4-15-33(2)16-17-36-28-13-9-20(19-25(28)31)18-24-27(35-3)14-11-23(30(24)32)29-22-8-6-5-7-21(22)10-12-26(29)34/h9-14,19,34H,4-8,15-18,32H2,1-3H3. The third-order valence-electron chi connectivity index (χ3n) is 7.03. The zero-order chi connectivity index (χ0) is 25.7. The average molecular weight is 493 g/mol. The quantitative estimate of drug-likeness (QED) is 0.341. The number of nitrogens with zero attached hydrogens (tertiary/aromatic N) is 1. The minimum atomic E-state index is -0.394. The number of fused-ring (bicyclic) bond motifs is 1. The number of phenols is 1. The number of ether oxygens (including phenoxy) is 2. The predicted octanol–water partition coefficient (Wildman–Crippen LogP) is 5.98. The summed E-state index contributed by atoms with van der Waals surface area (Å²) in [6, 6.07) is 12.6. The smallest absolute Gasteiger partial charge is 0.165 e. The zero-order valence-corrected chi connectivity index (χ0v) is 21.6. The number of aromatic hydroxyl groups is 1. The molecule has 0 atom stereocenters. The fraction of sp³-hybridized carbons (Fsp3) is 0.400. The molecule has 0 bridgehead atoms. The summed E-state index contributed by atoms with van der Waals surface area (Å²) in [6.45, 7) is 4.28. The van der Waals surface area contributed by atoms with Crippen molar-refractivity contribution in [3.8, 4) is 28.4 Å². The van der Waals surface area contributed by atoms with E-state index in [4.69, 9.17) is 15.2 Å². The van der Waals surface area contributed by atoms with Crippen molar-refractivity contribution < 1.29 is 19.0 Å². The van der Waals surface area contributed by atoms with Crippen LogP contribution in [0.1, 0.15) is 48.4 Å². The van der Waals surface area contributed by atoms with Crippen LogP contribution >= 0.6 is 0 Å². The van der Waals surface area contributed by atoms with Crippen LogP contribution in [0.3, 0.4) is 0 Å². The van der Waals surface area contributed by atoms with Crippen molar-refractivity contribution in [1.82, 2.24) is 4.90 Å². The first kappa shape index (κ1) is 25.8. The van der Waals surface area contributed by atoms with Gasteiger partial charge < -0.3 is 25.2 Å². The van der Waals surface area contributed by atoms with E-state index < -0.39 is 5.82 Å². The Morgan fingerprint density at radius 2 is 1.81 bits per heavy atom. The number of hydrogen-bond acceptors (Lipinski definition) is 5. The molecule has 3 aromatic rings. The molecule has 36 heavy (non-hydrogen) atoms. The lowest BCUT2D eigenvalue weighted by Crippen LogP contribution is -2.25. The lowest BCUT2D eigenvalue weighted by Gasteiger charge is -2.23. The Morgan fingerprint density at radius 1 is 1.03 bits per heavy atom. The fourth-order valence-electron chi connectivity index (χ4n) is 5.13. The van der Waals surface area contributed by atoms with Gasteiger partial charge in [-0.3, -0.25) is 0 Å². The molecule has 0 unspecified atom stereocenters. The van der Waals surface area contributed by atoms with Crippen LogP contribution in [-0.2, 0) is 19.3 Å². The molecule has 0 radical (unpaired) electrons. The lowest BCUT2D eigenvalue weighted by molar-refractivity contribution is 0.231. The third kappa shape index (κ3) is 5.59. The van der Waals surface area contributed by atoms with Gasteiger partial charge in [-0.15, -0.1) is 0 Å². The number of likely N-dealkylation sites (N-methyl/N-ethyl adjacent to an activating group) is 1. The minimum Gasteiger partial charge on any atom is -0.507 e. The predicted molar refractivity (Wildman–Crippen MR) is 144 cm³/mol. The lowest BCUT2D eigenvalue weighted by atomic mass is 9.84. The number of benzene rings is 3. The first-order valence-corrected chi connectivity index (χ1v) is 12.8. The highest BCUT2D eigenvalue weighted by molar-refractivity contribution is 5.86. The molecule has 0 saturated heterocycles. The molecule has 3 N–H and O–H groups in total. The van der Waals surface area contributed by atoms with E-state index in [0.29, 0.717) is 24.5 Å². The monoisotopic (exact) mass is 492 g/mol. The van der Waals surface area contributed by atoms with Gasteiger partial charge in [0.25, 0.3) is 0 Å². The Bertz CT molecular complexity index is 1210. The van der Waals surface area contributed by atoms with Gasteiger partial charge in [0.2, 0.25) is 0 Å². The van der Waals surface area contributed by atoms with Crippen molar-refractivity contribution in [3.63, 3.8) is 0 Å². The molecule has 3 aromatic carbocycles. The maximum atomic E-state index is 14.9. The van der Waals surface area contributed by atoms with Crippen LogP contribution in [0, 0.1) is 5.82 Å². The van der Waals surface area contributed by atoms with E-state index >= 15 is 0 Å². The van der Waals surface area contributed by atoms with Crippen LogP contribution in [0.5, 0.6) is 17.2 Å². The van der Waals surface area contributed by atoms with Gasteiger partial charge >= 0.3 is 0 Å². The second kappa shape index (κ2) is 11.7. The van der Waals surface area contributed by atoms with Crippen LogP contribution < -0.4 is 15.2 Å². The Morgan fingerprint density at radius 3 is 2.56 bits per heavy atom. The molecular formula is C30H37FN2O3. The van der Waals surface area contributed by atoms with Gasteiger partial charge in [-0.25, -0.2) is 4.39 Å². The molecule has 0 heterocycles. The van der Waals surface area contributed by atoms with Crippen LogP contribution in [0.25, 0.3) is 11.1 Å². The van der Waals surface area contributed by atoms with Crippen LogP contribution in [-0.4, -0.2) is 43.9 Å². The molecule has 4 rings (SSSR count). The van der Waals surface area contributed by atoms with E-state index in [1.54, 1.807) is 19.2 Å². The number of halogens is 1. The van der Waals surface area contributed by atoms with Crippen molar-refractivity contribution in [2.24, 2.45) is 0 Å². The molecule has 0 aliphatic heterocycles. The van der Waals surface area contributed by atoms with Crippen molar-refractivity contribution in [3.05, 3.63) is 70.5 Å². The minimum absolute atomic E-state index is 0.232. The summed E-state index contributed by atoms with van der Waals surface area (Å²) in [4.78, 5) is 2.16. The fourth-order valence-corrected chi connectivity index (χ4v) is 5.13. The third-order valence-corrected chi connectivity index (χ3v) is 7.03. The Kier molecular flexibility index (Phi) is 8.36. The van der Waals surface area contributed by atoms with E-state index in [1.165, 1.54) is 17.2 Å². The van der Waals surface area contributed by atoms with E-state index in [9.17, 15) is 9.50 Å². The van der Waals surface area contributed by atoms with Crippen LogP contribution in [0.4, 0.5) is 10.1 Å². The summed E-state index contributed by atoms with van der Waals surface area (Å²) in [7, 11) is 3.64. The van der Waals surface area contributed by atoms with Crippen molar-refractivity contribution in [2.45, 2.75) is 45.4 Å². The van der Waals surface area contributed by atoms with E-state index in [0.717, 1.165) is 67.4 Å². The number of anilines is 1. The largest absolute Gasteiger partial charge is 0.507 e.